The molecule has 0 fully saturated rings. The van der Waals surface area contributed by atoms with Gasteiger partial charge < -0.3 is 15.4 Å². The molecule has 0 saturated carbocycles. The average Bonchev–Trinajstić information content (AvgIpc) is 2.53. The third-order valence-electron chi connectivity index (χ3n) is 3.84. The van der Waals surface area contributed by atoms with E-state index in [9.17, 15) is 4.79 Å². The van der Waals surface area contributed by atoms with Crippen LogP contribution in [0.15, 0.2) is 42.5 Å². The minimum atomic E-state index is -0.218. The van der Waals surface area contributed by atoms with E-state index < -0.39 is 0 Å². The number of benzene rings is 2. The Kier molecular flexibility index (Phi) is 5.63. The first kappa shape index (κ1) is 16.9. The summed E-state index contributed by atoms with van der Waals surface area (Å²) in [5.41, 5.74) is 4.27. The highest BCUT2D eigenvalue weighted by Gasteiger charge is 2.15. The Labute approximate surface area is 137 Å². The Morgan fingerprint density at radius 3 is 2.61 bits per heavy atom. The lowest BCUT2D eigenvalue weighted by Crippen LogP contribution is -2.32. The van der Waals surface area contributed by atoms with Crippen molar-refractivity contribution in [3.05, 3.63) is 59.2 Å². The number of aryl methyl sites for hydroxylation is 2. The van der Waals surface area contributed by atoms with Crippen molar-refractivity contribution in [1.29, 1.82) is 0 Å². The molecule has 0 aliphatic heterocycles. The fourth-order valence-corrected chi connectivity index (χ4v) is 2.64. The number of methoxy groups -OCH3 is 1. The van der Waals surface area contributed by atoms with Gasteiger partial charge >= 0.3 is 6.03 Å². The van der Waals surface area contributed by atoms with Crippen molar-refractivity contribution in [2.45, 2.75) is 33.2 Å². The number of urea groups is 1. The van der Waals surface area contributed by atoms with Gasteiger partial charge in [-0.3, -0.25) is 0 Å². The van der Waals surface area contributed by atoms with Gasteiger partial charge in [-0.25, -0.2) is 4.79 Å². The number of carbonyl (C=O) groups is 1. The monoisotopic (exact) mass is 312 g/mol. The van der Waals surface area contributed by atoms with Crippen molar-refractivity contribution in [3.8, 4) is 5.75 Å². The minimum Gasteiger partial charge on any atom is -0.497 e. The van der Waals surface area contributed by atoms with Crippen LogP contribution in [0.3, 0.4) is 0 Å². The number of ether oxygens (including phenoxy) is 1. The lowest BCUT2D eigenvalue weighted by atomic mass is 9.98. The predicted molar refractivity (Wildman–Crippen MR) is 94.1 cm³/mol. The normalized spacial score (nSPS) is 11.7. The molecule has 2 N–H and O–H groups in total. The van der Waals surface area contributed by atoms with Gasteiger partial charge in [0.2, 0.25) is 0 Å². The van der Waals surface area contributed by atoms with Crippen LogP contribution in [0.4, 0.5) is 10.5 Å². The predicted octanol–water partition coefficient (Wildman–Crippen LogP) is 4.58. The van der Waals surface area contributed by atoms with Gasteiger partial charge in [0, 0.05) is 11.8 Å². The summed E-state index contributed by atoms with van der Waals surface area (Å²) in [7, 11) is 1.60. The fraction of sp³-hybridized carbons (Fsp3) is 0.316. The summed E-state index contributed by atoms with van der Waals surface area (Å²) >= 11 is 0. The molecule has 122 valence electrons. The second kappa shape index (κ2) is 7.68. The van der Waals surface area contributed by atoms with Crippen molar-refractivity contribution >= 4 is 11.7 Å². The van der Waals surface area contributed by atoms with E-state index in [4.69, 9.17) is 4.74 Å². The second-order valence-corrected chi connectivity index (χ2v) is 5.65. The van der Waals surface area contributed by atoms with Crippen LogP contribution < -0.4 is 15.4 Å². The number of nitrogens with one attached hydrogen (secondary N) is 2. The maximum atomic E-state index is 12.3. The van der Waals surface area contributed by atoms with E-state index in [1.54, 1.807) is 13.2 Å². The molecule has 0 aromatic heterocycles. The van der Waals surface area contributed by atoms with Crippen molar-refractivity contribution in [2.24, 2.45) is 0 Å². The zero-order valence-electron chi connectivity index (χ0n) is 14.1. The molecule has 2 amide bonds. The average molecular weight is 312 g/mol. The van der Waals surface area contributed by atoms with Gasteiger partial charge in [0.25, 0.3) is 0 Å². The molecule has 0 aliphatic rings. The topological polar surface area (TPSA) is 50.4 Å². The van der Waals surface area contributed by atoms with Crippen molar-refractivity contribution in [3.63, 3.8) is 0 Å². The number of hydrogen-bond donors (Lipinski definition) is 2. The SMILES string of the molecule is CC[C@H](NC(=O)Nc1cccc(OC)c1)c1ccc(C)cc1C. The van der Waals surface area contributed by atoms with Crippen molar-refractivity contribution in [2.75, 3.05) is 12.4 Å². The summed E-state index contributed by atoms with van der Waals surface area (Å²) in [6.45, 7) is 6.21. The second-order valence-electron chi connectivity index (χ2n) is 5.65. The van der Waals surface area contributed by atoms with Crippen LogP contribution in [0.25, 0.3) is 0 Å². The molecule has 23 heavy (non-hydrogen) atoms. The molecule has 4 heteroatoms. The molecule has 2 aromatic carbocycles. The molecule has 0 heterocycles. The lowest BCUT2D eigenvalue weighted by Gasteiger charge is -2.20. The maximum absolute atomic E-state index is 12.3. The molecule has 0 saturated heterocycles. The van der Waals surface area contributed by atoms with Crippen LogP contribution in [0, 0.1) is 13.8 Å². The molecule has 0 bridgehead atoms. The number of anilines is 1. The molecule has 4 nitrogen and oxygen atoms in total. The standard InChI is InChI=1S/C19H24N2O2/c1-5-18(17-10-9-13(2)11-14(17)3)21-19(22)20-15-7-6-8-16(12-15)23-4/h6-12,18H,5H2,1-4H3,(H2,20,21,22)/t18-/m0/s1. The summed E-state index contributed by atoms with van der Waals surface area (Å²) in [5, 5.41) is 5.89. The number of carbonyl (C=O) groups excluding carboxylic acids is 1. The number of hydrogen-bond acceptors (Lipinski definition) is 2. The van der Waals surface area contributed by atoms with E-state index in [0.29, 0.717) is 11.4 Å². The van der Waals surface area contributed by atoms with Gasteiger partial charge in [0.05, 0.1) is 13.2 Å². The van der Waals surface area contributed by atoms with Crippen LogP contribution >= 0.6 is 0 Å². The molecule has 0 radical (unpaired) electrons. The number of amides is 2. The Morgan fingerprint density at radius 1 is 1.17 bits per heavy atom. The highest BCUT2D eigenvalue weighted by Crippen LogP contribution is 2.22. The summed E-state index contributed by atoms with van der Waals surface area (Å²) in [4.78, 5) is 12.3. The molecule has 1 atom stereocenters. The summed E-state index contributed by atoms with van der Waals surface area (Å²) in [5.74, 6) is 0.712. The first-order valence-electron chi connectivity index (χ1n) is 7.82. The van der Waals surface area contributed by atoms with Gasteiger partial charge in [0.15, 0.2) is 0 Å². The quantitative estimate of drug-likeness (QED) is 0.848. The number of rotatable bonds is 5. The highest BCUT2D eigenvalue weighted by atomic mass is 16.5. The minimum absolute atomic E-state index is 0.0128. The highest BCUT2D eigenvalue weighted by molar-refractivity contribution is 5.89. The smallest absolute Gasteiger partial charge is 0.319 e. The molecule has 0 aliphatic carbocycles. The third kappa shape index (κ3) is 4.49. The van der Waals surface area contributed by atoms with E-state index in [1.165, 1.54) is 11.1 Å². The fourth-order valence-electron chi connectivity index (χ4n) is 2.64. The lowest BCUT2D eigenvalue weighted by molar-refractivity contribution is 0.248. The van der Waals surface area contributed by atoms with Crippen molar-refractivity contribution in [1.82, 2.24) is 5.32 Å². The largest absolute Gasteiger partial charge is 0.497 e. The third-order valence-corrected chi connectivity index (χ3v) is 3.84. The van der Waals surface area contributed by atoms with Crippen LogP contribution in [-0.2, 0) is 0 Å². The molecule has 2 rings (SSSR count). The van der Waals surface area contributed by atoms with Gasteiger partial charge in [-0.15, -0.1) is 0 Å². The van der Waals surface area contributed by atoms with Crippen LogP contribution in [-0.4, -0.2) is 13.1 Å². The Morgan fingerprint density at radius 2 is 1.96 bits per heavy atom. The van der Waals surface area contributed by atoms with Gasteiger partial charge in [-0.05, 0) is 43.5 Å². The van der Waals surface area contributed by atoms with E-state index >= 15 is 0 Å². The van der Waals surface area contributed by atoms with Gasteiger partial charge in [0.1, 0.15) is 5.75 Å². The van der Waals surface area contributed by atoms with E-state index in [-0.39, 0.29) is 12.1 Å². The zero-order valence-corrected chi connectivity index (χ0v) is 14.1. The Hall–Kier alpha value is -2.49. The molecular formula is C19H24N2O2. The first-order chi connectivity index (χ1) is 11.0. The van der Waals surface area contributed by atoms with Gasteiger partial charge in [-0.2, -0.15) is 0 Å². The Bertz CT molecular complexity index is 683. The summed E-state index contributed by atoms with van der Waals surface area (Å²) in [6.07, 6.45) is 0.829. The Balaban J connectivity index is 2.07. The van der Waals surface area contributed by atoms with E-state index in [2.05, 4.69) is 49.6 Å². The van der Waals surface area contributed by atoms with Crippen LogP contribution in [0.1, 0.15) is 36.1 Å². The zero-order chi connectivity index (χ0) is 16.8. The summed E-state index contributed by atoms with van der Waals surface area (Å²) < 4.78 is 5.16. The van der Waals surface area contributed by atoms with Gasteiger partial charge in [-0.1, -0.05) is 36.8 Å². The molecule has 0 spiro atoms. The van der Waals surface area contributed by atoms with Crippen molar-refractivity contribution < 1.29 is 9.53 Å². The van der Waals surface area contributed by atoms with Crippen LogP contribution in [0.2, 0.25) is 0 Å². The van der Waals surface area contributed by atoms with E-state index in [0.717, 1.165) is 12.0 Å². The molecular weight excluding hydrogens is 288 g/mol. The molecule has 0 unspecified atom stereocenters. The first-order valence-corrected chi connectivity index (χ1v) is 7.82. The summed E-state index contributed by atoms with van der Waals surface area (Å²) in [6, 6.07) is 13.4. The maximum Gasteiger partial charge on any atom is 0.319 e. The van der Waals surface area contributed by atoms with E-state index in [1.807, 2.05) is 18.2 Å². The molecule has 2 aromatic rings. The van der Waals surface area contributed by atoms with Crippen LogP contribution in [0.5, 0.6) is 5.75 Å².